The van der Waals surface area contributed by atoms with Crippen LogP contribution in [0.1, 0.15) is 27.7 Å². The molecule has 1 amide bonds. The van der Waals surface area contributed by atoms with E-state index in [1.54, 1.807) is 20.8 Å². The Labute approximate surface area is 117 Å². The van der Waals surface area contributed by atoms with Gasteiger partial charge in [0.15, 0.2) is 0 Å². The lowest BCUT2D eigenvalue weighted by Crippen LogP contribution is -2.63. The second-order valence-corrected chi connectivity index (χ2v) is 6.05. The number of hydrogen-bond donors (Lipinski definition) is 3. The van der Waals surface area contributed by atoms with Crippen molar-refractivity contribution in [2.75, 3.05) is 0 Å². The van der Waals surface area contributed by atoms with Crippen molar-refractivity contribution in [3.05, 3.63) is 11.3 Å². The average Bonchev–Trinajstić information content (AvgIpc) is 2.57. The van der Waals surface area contributed by atoms with Crippen LogP contribution in [0.4, 0.5) is 0 Å². The number of carbonyl (C=O) groups excluding carboxylic acids is 1. The number of fused-ring (bicyclic) bond motifs is 1. The Morgan fingerprint density at radius 2 is 1.80 bits per heavy atom. The number of rotatable bonds is 4. The Bertz CT molecular complexity index is 482. The summed E-state index contributed by atoms with van der Waals surface area (Å²) in [5.74, 6) is -2.57. The van der Waals surface area contributed by atoms with E-state index in [0.717, 1.165) is 0 Å². The van der Waals surface area contributed by atoms with E-state index < -0.39 is 24.1 Å². The number of amides is 1. The molecule has 2 aliphatic heterocycles. The van der Waals surface area contributed by atoms with Gasteiger partial charge in [0.2, 0.25) is 5.91 Å². The topological polar surface area (TPSA) is 98.1 Å². The second-order valence-electron chi connectivity index (χ2n) is 6.05. The van der Waals surface area contributed by atoms with Gasteiger partial charge in [-0.2, -0.15) is 0 Å². The Morgan fingerprint density at radius 1 is 1.25 bits per heavy atom. The van der Waals surface area contributed by atoms with E-state index in [1.165, 1.54) is 11.8 Å². The zero-order valence-electron chi connectivity index (χ0n) is 12.1. The molecule has 0 radical (unpaired) electrons. The van der Waals surface area contributed by atoms with Crippen LogP contribution in [0.15, 0.2) is 11.3 Å². The number of carboxylic acid groups (broad SMARTS) is 1. The predicted molar refractivity (Wildman–Crippen MR) is 70.5 cm³/mol. The van der Waals surface area contributed by atoms with E-state index in [4.69, 9.17) is 0 Å². The maximum absolute atomic E-state index is 12.1. The van der Waals surface area contributed by atoms with Crippen molar-refractivity contribution in [3.63, 3.8) is 0 Å². The average molecular weight is 283 g/mol. The minimum Gasteiger partial charge on any atom is -0.477 e. The molecule has 5 atom stereocenters. The van der Waals surface area contributed by atoms with Crippen LogP contribution in [0, 0.1) is 17.8 Å². The molecule has 0 aromatic carbocycles. The van der Waals surface area contributed by atoms with Gasteiger partial charge in [-0.1, -0.05) is 20.8 Å². The summed E-state index contributed by atoms with van der Waals surface area (Å²) in [5, 5.41) is 29.3. The number of aliphatic hydroxyl groups is 2. The third-order valence-corrected chi connectivity index (χ3v) is 4.38. The molecule has 6 nitrogen and oxygen atoms in total. The first-order valence-electron chi connectivity index (χ1n) is 6.86. The molecule has 0 aromatic rings. The number of carbonyl (C=O) groups is 2. The highest BCUT2D eigenvalue weighted by atomic mass is 16.4. The van der Waals surface area contributed by atoms with E-state index in [0.29, 0.717) is 5.57 Å². The van der Waals surface area contributed by atoms with Crippen LogP contribution < -0.4 is 0 Å². The normalized spacial score (nSPS) is 32.2. The highest BCUT2D eigenvalue weighted by Crippen LogP contribution is 2.48. The number of nitrogens with zero attached hydrogens (tertiary/aromatic N) is 1. The SMILES string of the molecule is CC(C)[C@H](O)C1=C(C(=O)O)N2C(=O)[C@H]([C@@H](C)O)C2[C@H]1C. The fraction of sp³-hybridized carbons (Fsp3) is 0.714. The summed E-state index contributed by atoms with van der Waals surface area (Å²) in [4.78, 5) is 24.8. The molecule has 0 saturated carbocycles. The molecule has 112 valence electrons. The van der Waals surface area contributed by atoms with Gasteiger partial charge in [-0.05, 0) is 18.4 Å². The van der Waals surface area contributed by atoms with E-state index >= 15 is 0 Å². The highest BCUT2D eigenvalue weighted by molar-refractivity contribution is 6.00. The summed E-state index contributed by atoms with van der Waals surface area (Å²) in [6.45, 7) is 6.93. The van der Waals surface area contributed by atoms with Gasteiger partial charge >= 0.3 is 5.97 Å². The minimum absolute atomic E-state index is 0.106. The summed E-state index contributed by atoms with van der Waals surface area (Å²) in [6.07, 6.45) is -1.72. The molecule has 0 spiro atoms. The van der Waals surface area contributed by atoms with E-state index in [9.17, 15) is 24.9 Å². The summed E-state index contributed by atoms with van der Waals surface area (Å²) < 4.78 is 0. The Balaban J connectivity index is 2.45. The molecule has 0 aliphatic carbocycles. The molecule has 2 heterocycles. The molecule has 6 heteroatoms. The maximum Gasteiger partial charge on any atom is 0.352 e. The van der Waals surface area contributed by atoms with E-state index in [-0.39, 0.29) is 29.5 Å². The summed E-state index contributed by atoms with van der Waals surface area (Å²) in [5.41, 5.74) is 0.291. The Kier molecular flexibility index (Phi) is 3.64. The maximum atomic E-state index is 12.1. The van der Waals surface area contributed by atoms with Crippen LogP contribution in [-0.4, -0.2) is 50.3 Å². The molecule has 20 heavy (non-hydrogen) atoms. The van der Waals surface area contributed by atoms with Crippen molar-refractivity contribution in [2.45, 2.75) is 45.9 Å². The lowest BCUT2D eigenvalue weighted by molar-refractivity contribution is -0.163. The number of carboxylic acids is 1. The molecule has 0 aromatic heterocycles. The monoisotopic (exact) mass is 283 g/mol. The van der Waals surface area contributed by atoms with E-state index in [2.05, 4.69) is 0 Å². The van der Waals surface area contributed by atoms with Crippen molar-refractivity contribution >= 4 is 11.9 Å². The van der Waals surface area contributed by atoms with Crippen molar-refractivity contribution in [1.82, 2.24) is 4.90 Å². The highest BCUT2D eigenvalue weighted by Gasteiger charge is 2.60. The number of β-lactam (4-membered cyclic amide) rings is 1. The van der Waals surface area contributed by atoms with Gasteiger partial charge in [-0.3, -0.25) is 4.79 Å². The zero-order valence-corrected chi connectivity index (χ0v) is 12.1. The fourth-order valence-corrected chi connectivity index (χ4v) is 3.35. The summed E-state index contributed by atoms with van der Waals surface area (Å²) in [6, 6.07) is -0.364. The number of aliphatic carboxylic acids is 1. The van der Waals surface area contributed by atoms with Gasteiger partial charge in [0.25, 0.3) is 0 Å². The smallest absolute Gasteiger partial charge is 0.352 e. The number of hydrogen-bond acceptors (Lipinski definition) is 4. The minimum atomic E-state index is -1.20. The van der Waals surface area contributed by atoms with Crippen LogP contribution in [0.2, 0.25) is 0 Å². The third kappa shape index (κ3) is 1.86. The van der Waals surface area contributed by atoms with Crippen LogP contribution in [0.3, 0.4) is 0 Å². The molecule has 2 aliphatic rings. The van der Waals surface area contributed by atoms with Crippen LogP contribution in [-0.2, 0) is 9.59 Å². The first kappa shape index (κ1) is 15.0. The lowest BCUT2D eigenvalue weighted by Gasteiger charge is -2.46. The molecule has 1 unspecified atom stereocenters. The van der Waals surface area contributed by atoms with Gasteiger partial charge in [0.05, 0.1) is 24.2 Å². The van der Waals surface area contributed by atoms with Crippen LogP contribution >= 0.6 is 0 Å². The molecule has 1 fully saturated rings. The molecular weight excluding hydrogens is 262 g/mol. The standard InChI is InChI=1S/C14H21NO5/c1-5(2)12(17)8-6(3)10-9(7(4)16)13(18)15(10)11(8)14(19)20/h5-7,9-10,12,16-17H,1-4H3,(H,19,20)/t6-,7+,9+,10?,12-/m0/s1. The molecule has 3 N–H and O–H groups in total. The third-order valence-electron chi connectivity index (χ3n) is 4.38. The second kappa shape index (κ2) is 4.86. The molecule has 0 bridgehead atoms. The quantitative estimate of drug-likeness (QED) is 0.640. The number of aliphatic hydroxyl groups excluding tert-OH is 2. The van der Waals surface area contributed by atoms with Gasteiger partial charge < -0.3 is 20.2 Å². The first-order chi connectivity index (χ1) is 9.20. The summed E-state index contributed by atoms with van der Waals surface area (Å²) >= 11 is 0. The summed E-state index contributed by atoms with van der Waals surface area (Å²) in [7, 11) is 0. The molecule has 1 saturated heterocycles. The van der Waals surface area contributed by atoms with Crippen molar-refractivity contribution in [2.24, 2.45) is 17.8 Å². The van der Waals surface area contributed by atoms with Crippen LogP contribution in [0.5, 0.6) is 0 Å². The molecule has 2 rings (SSSR count). The molecular formula is C14H21NO5. The van der Waals surface area contributed by atoms with Gasteiger partial charge in [0.1, 0.15) is 5.70 Å². The van der Waals surface area contributed by atoms with Crippen molar-refractivity contribution in [1.29, 1.82) is 0 Å². The van der Waals surface area contributed by atoms with E-state index in [1.807, 2.05) is 0 Å². The van der Waals surface area contributed by atoms with Gasteiger partial charge in [-0.15, -0.1) is 0 Å². The van der Waals surface area contributed by atoms with Crippen molar-refractivity contribution in [3.8, 4) is 0 Å². The fourth-order valence-electron chi connectivity index (χ4n) is 3.35. The van der Waals surface area contributed by atoms with Gasteiger partial charge in [-0.25, -0.2) is 4.79 Å². The predicted octanol–water partition coefficient (Wildman–Crippen LogP) is 0.200. The Hall–Kier alpha value is -1.40. The van der Waals surface area contributed by atoms with Gasteiger partial charge in [0, 0.05) is 5.92 Å². The zero-order chi connectivity index (χ0) is 15.4. The van der Waals surface area contributed by atoms with Crippen molar-refractivity contribution < 1.29 is 24.9 Å². The Morgan fingerprint density at radius 3 is 2.20 bits per heavy atom. The first-order valence-corrected chi connectivity index (χ1v) is 6.86. The largest absolute Gasteiger partial charge is 0.477 e. The lowest BCUT2D eigenvalue weighted by atomic mass is 9.76. The van der Waals surface area contributed by atoms with Crippen LogP contribution in [0.25, 0.3) is 0 Å².